The predicted molar refractivity (Wildman–Crippen MR) is 61.8 cm³/mol. The SMILES string of the molecule is CC(C)(CNC(=O)C=CC(=O)O)NS(C)(=O)=O. The van der Waals surface area contributed by atoms with E-state index in [1.54, 1.807) is 13.8 Å². The summed E-state index contributed by atoms with van der Waals surface area (Å²) < 4.78 is 24.3. The topological polar surface area (TPSA) is 113 Å². The van der Waals surface area contributed by atoms with Crippen molar-refractivity contribution < 1.29 is 23.1 Å². The molecule has 0 rings (SSSR count). The highest BCUT2D eigenvalue weighted by Gasteiger charge is 2.22. The van der Waals surface area contributed by atoms with Crippen LogP contribution in [0.1, 0.15) is 13.8 Å². The van der Waals surface area contributed by atoms with E-state index in [1.165, 1.54) is 0 Å². The van der Waals surface area contributed by atoms with Gasteiger partial charge in [0.1, 0.15) is 0 Å². The second kappa shape index (κ2) is 5.78. The summed E-state index contributed by atoms with van der Waals surface area (Å²) in [6, 6.07) is 0. The average molecular weight is 264 g/mol. The van der Waals surface area contributed by atoms with Crippen LogP contribution in [0.2, 0.25) is 0 Å². The first-order valence-electron chi connectivity index (χ1n) is 4.70. The lowest BCUT2D eigenvalue weighted by Gasteiger charge is -2.24. The van der Waals surface area contributed by atoms with Gasteiger partial charge in [-0.2, -0.15) is 0 Å². The Kier molecular flexibility index (Phi) is 5.30. The third kappa shape index (κ3) is 9.52. The van der Waals surface area contributed by atoms with Gasteiger partial charge >= 0.3 is 5.97 Å². The number of hydrogen-bond donors (Lipinski definition) is 3. The maximum atomic E-state index is 11.1. The van der Waals surface area contributed by atoms with Crippen LogP contribution in [0.5, 0.6) is 0 Å². The lowest BCUT2D eigenvalue weighted by atomic mass is 10.1. The van der Waals surface area contributed by atoms with Gasteiger partial charge in [-0.25, -0.2) is 17.9 Å². The number of carbonyl (C=O) groups is 2. The van der Waals surface area contributed by atoms with E-state index in [4.69, 9.17) is 5.11 Å². The lowest BCUT2D eigenvalue weighted by Crippen LogP contribution is -2.50. The van der Waals surface area contributed by atoms with E-state index >= 15 is 0 Å². The predicted octanol–water partition coefficient (Wildman–Crippen LogP) is -0.929. The molecule has 0 heterocycles. The molecule has 3 N–H and O–H groups in total. The molecular formula is C9H16N2O5S. The summed E-state index contributed by atoms with van der Waals surface area (Å²) in [6.07, 6.45) is 2.58. The number of carbonyl (C=O) groups excluding carboxylic acids is 1. The first kappa shape index (κ1) is 15.6. The standard InChI is InChI=1S/C9H16N2O5S/c1-9(2,11-17(3,15)16)6-10-7(12)4-5-8(13)14/h4-5,11H,6H2,1-3H3,(H,10,12)(H,13,14). The van der Waals surface area contributed by atoms with Crippen molar-refractivity contribution in [2.24, 2.45) is 0 Å². The first-order chi connectivity index (χ1) is 7.52. The summed E-state index contributed by atoms with van der Waals surface area (Å²) in [4.78, 5) is 21.3. The van der Waals surface area contributed by atoms with Crippen molar-refractivity contribution in [1.82, 2.24) is 10.0 Å². The van der Waals surface area contributed by atoms with Crippen molar-refractivity contribution in [3.63, 3.8) is 0 Å². The Balaban J connectivity index is 4.28. The Bertz CT molecular complexity index is 425. The number of amides is 1. The Hall–Kier alpha value is -1.41. The number of aliphatic carboxylic acids is 1. The second-order valence-corrected chi connectivity index (χ2v) is 5.90. The molecule has 0 radical (unpaired) electrons. The molecule has 0 spiro atoms. The first-order valence-corrected chi connectivity index (χ1v) is 6.59. The summed E-state index contributed by atoms with van der Waals surface area (Å²) in [5, 5.41) is 10.7. The Morgan fingerprint density at radius 3 is 2.24 bits per heavy atom. The van der Waals surface area contributed by atoms with Gasteiger partial charge in [0.05, 0.1) is 6.26 Å². The van der Waals surface area contributed by atoms with Crippen LogP contribution in [0, 0.1) is 0 Å². The molecule has 0 bridgehead atoms. The van der Waals surface area contributed by atoms with Crippen LogP contribution in [0.4, 0.5) is 0 Å². The smallest absolute Gasteiger partial charge is 0.328 e. The van der Waals surface area contributed by atoms with Crippen molar-refractivity contribution in [3.8, 4) is 0 Å². The summed E-state index contributed by atoms with van der Waals surface area (Å²) in [7, 11) is -3.37. The molecule has 0 fully saturated rings. The van der Waals surface area contributed by atoms with Gasteiger partial charge in [0.25, 0.3) is 0 Å². The van der Waals surface area contributed by atoms with Gasteiger partial charge < -0.3 is 10.4 Å². The van der Waals surface area contributed by atoms with Crippen LogP contribution < -0.4 is 10.0 Å². The van der Waals surface area contributed by atoms with Crippen LogP contribution in [0.25, 0.3) is 0 Å². The highest BCUT2D eigenvalue weighted by molar-refractivity contribution is 7.88. The molecule has 8 heteroatoms. The third-order valence-electron chi connectivity index (χ3n) is 1.54. The quantitative estimate of drug-likeness (QED) is 0.537. The minimum Gasteiger partial charge on any atom is -0.478 e. The monoisotopic (exact) mass is 264 g/mol. The lowest BCUT2D eigenvalue weighted by molar-refractivity contribution is -0.131. The molecule has 0 saturated heterocycles. The fraction of sp³-hybridized carbons (Fsp3) is 0.556. The molecule has 17 heavy (non-hydrogen) atoms. The minimum absolute atomic E-state index is 0.0445. The van der Waals surface area contributed by atoms with E-state index in [-0.39, 0.29) is 6.54 Å². The molecule has 98 valence electrons. The zero-order valence-electron chi connectivity index (χ0n) is 9.85. The Morgan fingerprint density at radius 1 is 1.29 bits per heavy atom. The summed E-state index contributed by atoms with van der Waals surface area (Å²) >= 11 is 0. The molecule has 7 nitrogen and oxygen atoms in total. The number of hydrogen-bond acceptors (Lipinski definition) is 4. The van der Waals surface area contributed by atoms with E-state index in [2.05, 4.69) is 10.0 Å². The van der Waals surface area contributed by atoms with Gasteiger partial charge in [0.2, 0.25) is 15.9 Å². The largest absolute Gasteiger partial charge is 0.478 e. The van der Waals surface area contributed by atoms with E-state index < -0.39 is 27.4 Å². The molecule has 0 aromatic rings. The average Bonchev–Trinajstić information content (AvgIpc) is 2.07. The normalized spacial score (nSPS) is 12.6. The number of nitrogens with one attached hydrogen (secondary N) is 2. The van der Waals surface area contributed by atoms with Crippen molar-refractivity contribution in [2.75, 3.05) is 12.8 Å². The Labute approximate surface area is 99.9 Å². The van der Waals surface area contributed by atoms with Gasteiger partial charge in [-0.3, -0.25) is 4.79 Å². The summed E-state index contributed by atoms with van der Waals surface area (Å²) in [5.41, 5.74) is -0.847. The van der Waals surface area contributed by atoms with Crippen LogP contribution in [0.15, 0.2) is 12.2 Å². The molecule has 1 amide bonds. The number of rotatable bonds is 6. The van der Waals surface area contributed by atoms with Crippen molar-refractivity contribution in [1.29, 1.82) is 0 Å². The van der Waals surface area contributed by atoms with Gasteiger partial charge in [-0.1, -0.05) is 0 Å². The summed E-state index contributed by atoms with van der Waals surface area (Å²) in [6.45, 7) is 3.23. The van der Waals surface area contributed by atoms with Gasteiger partial charge in [-0.15, -0.1) is 0 Å². The molecule has 0 aliphatic rings. The van der Waals surface area contributed by atoms with E-state index in [0.29, 0.717) is 6.08 Å². The van der Waals surface area contributed by atoms with Crippen molar-refractivity contribution in [2.45, 2.75) is 19.4 Å². The number of carboxylic acid groups (broad SMARTS) is 1. The molecular weight excluding hydrogens is 248 g/mol. The zero-order valence-corrected chi connectivity index (χ0v) is 10.7. The van der Waals surface area contributed by atoms with E-state index in [9.17, 15) is 18.0 Å². The summed E-state index contributed by atoms with van der Waals surface area (Å²) in [5.74, 6) is -1.83. The second-order valence-electron chi connectivity index (χ2n) is 4.15. The van der Waals surface area contributed by atoms with Crippen LogP contribution in [-0.2, 0) is 19.6 Å². The highest BCUT2D eigenvalue weighted by Crippen LogP contribution is 2.01. The molecule has 0 aromatic heterocycles. The van der Waals surface area contributed by atoms with Crippen molar-refractivity contribution in [3.05, 3.63) is 12.2 Å². The molecule has 0 aliphatic carbocycles. The Morgan fingerprint density at radius 2 is 1.82 bits per heavy atom. The molecule has 0 unspecified atom stereocenters. The number of carboxylic acids is 1. The van der Waals surface area contributed by atoms with Crippen molar-refractivity contribution >= 4 is 21.9 Å². The van der Waals surface area contributed by atoms with Gasteiger partial charge in [-0.05, 0) is 13.8 Å². The molecule has 0 atom stereocenters. The fourth-order valence-corrected chi connectivity index (χ4v) is 2.13. The molecule has 0 saturated carbocycles. The van der Waals surface area contributed by atoms with E-state index in [0.717, 1.165) is 12.3 Å². The third-order valence-corrected chi connectivity index (χ3v) is 2.47. The minimum atomic E-state index is -3.37. The maximum Gasteiger partial charge on any atom is 0.328 e. The maximum absolute atomic E-state index is 11.1. The highest BCUT2D eigenvalue weighted by atomic mass is 32.2. The van der Waals surface area contributed by atoms with Crippen LogP contribution in [0.3, 0.4) is 0 Å². The molecule has 0 aromatic carbocycles. The van der Waals surface area contributed by atoms with E-state index in [1.807, 2.05) is 0 Å². The van der Waals surface area contributed by atoms with Gasteiger partial charge in [0.15, 0.2) is 0 Å². The van der Waals surface area contributed by atoms with Crippen LogP contribution >= 0.6 is 0 Å². The zero-order chi connectivity index (χ0) is 13.7. The fourth-order valence-electron chi connectivity index (χ4n) is 1.05. The van der Waals surface area contributed by atoms with Gasteiger partial charge in [0, 0.05) is 24.2 Å². The number of sulfonamides is 1. The molecule has 0 aliphatic heterocycles. The van der Waals surface area contributed by atoms with Crippen LogP contribution in [-0.4, -0.2) is 43.7 Å².